The standard InChI is InChI=1S/C20H15FN2O4/c1-2-11-27-14-9-7-13(8-10-14)12-15-18(24)22-20(26)23(19(15)25)17-6-4-3-5-16(17)21/h2-10,12H,1,11H2,(H,22,24,26)/b15-12+. The van der Waals surface area contributed by atoms with Crippen molar-refractivity contribution in [1.82, 2.24) is 5.32 Å². The fourth-order valence-electron chi connectivity index (χ4n) is 2.49. The van der Waals surface area contributed by atoms with Crippen molar-refractivity contribution in [3.63, 3.8) is 0 Å². The number of rotatable bonds is 5. The van der Waals surface area contributed by atoms with Gasteiger partial charge in [0.2, 0.25) is 0 Å². The Balaban J connectivity index is 1.92. The Kier molecular flexibility index (Phi) is 5.12. The third-order valence-electron chi connectivity index (χ3n) is 3.75. The first kappa shape index (κ1) is 18.1. The highest BCUT2D eigenvalue weighted by molar-refractivity contribution is 6.39. The minimum atomic E-state index is -1.000. The number of halogens is 1. The first-order valence-corrected chi connectivity index (χ1v) is 8.01. The zero-order valence-corrected chi connectivity index (χ0v) is 14.1. The van der Waals surface area contributed by atoms with E-state index in [2.05, 4.69) is 11.9 Å². The van der Waals surface area contributed by atoms with E-state index in [0.29, 0.717) is 22.8 Å². The molecular weight excluding hydrogens is 351 g/mol. The predicted octanol–water partition coefficient (Wildman–Crippen LogP) is 3.06. The van der Waals surface area contributed by atoms with E-state index in [1.165, 1.54) is 24.3 Å². The maximum Gasteiger partial charge on any atom is 0.336 e. The minimum absolute atomic E-state index is 0.230. The summed E-state index contributed by atoms with van der Waals surface area (Å²) in [5, 5.41) is 2.05. The summed E-state index contributed by atoms with van der Waals surface area (Å²) < 4.78 is 19.4. The quantitative estimate of drug-likeness (QED) is 0.501. The molecule has 0 spiro atoms. The molecule has 0 aliphatic carbocycles. The fourth-order valence-corrected chi connectivity index (χ4v) is 2.49. The van der Waals surface area contributed by atoms with Gasteiger partial charge >= 0.3 is 6.03 Å². The Morgan fingerprint density at radius 2 is 1.78 bits per heavy atom. The molecule has 0 atom stereocenters. The van der Waals surface area contributed by atoms with Crippen LogP contribution in [0.15, 0.2) is 66.8 Å². The number of amides is 4. The molecule has 0 saturated carbocycles. The molecule has 7 heteroatoms. The number of anilines is 1. The van der Waals surface area contributed by atoms with Crippen LogP contribution in [0.25, 0.3) is 6.08 Å². The molecule has 136 valence electrons. The second-order valence-corrected chi connectivity index (χ2v) is 5.58. The molecule has 1 saturated heterocycles. The summed E-state index contributed by atoms with van der Waals surface area (Å²) in [6.45, 7) is 3.90. The van der Waals surface area contributed by atoms with Gasteiger partial charge < -0.3 is 4.74 Å². The maximum atomic E-state index is 14.0. The lowest BCUT2D eigenvalue weighted by Gasteiger charge is -2.26. The van der Waals surface area contributed by atoms with Gasteiger partial charge in [0.25, 0.3) is 11.8 Å². The number of nitrogens with zero attached hydrogens (tertiary/aromatic N) is 1. The number of carbonyl (C=O) groups excluding carboxylic acids is 3. The zero-order valence-electron chi connectivity index (χ0n) is 14.1. The van der Waals surface area contributed by atoms with E-state index in [1.807, 2.05) is 0 Å². The summed E-state index contributed by atoms with van der Waals surface area (Å²) in [4.78, 5) is 37.5. The Labute approximate surface area is 154 Å². The normalized spacial score (nSPS) is 15.7. The highest BCUT2D eigenvalue weighted by atomic mass is 19.1. The van der Waals surface area contributed by atoms with Gasteiger partial charge in [0.15, 0.2) is 0 Å². The lowest BCUT2D eigenvalue weighted by Crippen LogP contribution is -2.54. The smallest absolute Gasteiger partial charge is 0.336 e. The van der Waals surface area contributed by atoms with Crippen molar-refractivity contribution in [2.45, 2.75) is 0 Å². The summed E-state index contributed by atoms with van der Waals surface area (Å²) in [6.07, 6.45) is 2.93. The minimum Gasteiger partial charge on any atom is -0.490 e. The van der Waals surface area contributed by atoms with E-state index in [9.17, 15) is 18.8 Å². The van der Waals surface area contributed by atoms with Crippen LogP contribution >= 0.6 is 0 Å². The van der Waals surface area contributed by atoms with Gasteiger partial charge in [-0.25, -0.2) is 14.1 Å². The van der Waals surface area contributed by atoms with Gasteiger partial charge in [0.05, 0.1) is 5.69 Å². The summed E-state index contributed by atoms with van der Waals surface area (Å²) in [5.74, 6) is -1.90. The van der Waals surface area contributed by atoms with Crippen molar-refractivity contribution in [1.29, 1.82) is 0 Å². The molecule has 0 aromatic heterocycles. The average Bonchev–Trinajstić information content (AvgIpc) is 2.66. The van der Waals surface area contributed by atoms with Crippen LogP contribution in [-0.2, 0) is 9.59 Å². The Hall–Kier alpha value is -3.74. The molecule has 3 rings (SSSR count). The topological polar surface area (TPSA) is 75.7 Å². The molecule has 0 bridgehead atoms. The van der Waals surface area contributed by atoms with Crippen molar-refractivity contribution in [2.75, 3.05) is 11.5 Å². The second kappa shape index (κ2) is 7.65. The molecule has 6 nitrogen and oxygen atoms in total. The Morgan fingerprint density at radius 3 is 2.44 bits per heavy atom. The molecular formula is C20H15FN2O4. The molecule has 1 fully saturated rings. The number of hydrogen-bond acceptors (Lipinski definition) is 4. The highest BCUT2D eigenvalue weighted by Crippen LogP contribution is 2.24. The van der Waals surface area contributed by atoms with Gasteiger partial charge in [-0.1, -0.05) is 36.9 Å². The fraction of sp³-hybridized carbons (Fsp3) is 0.0500. The monoisotopic (exact) mass is 366 g/mol. The van der Waals surface area contributed by atoms with E-state index in [-0.39, 0.29) is 11.3 Å². The van der Waals surface area contributed by atoms with Gasteiger partial charge in [-0.05, 0) is 35.9 Å². The summed E-state index contributed by atoms with van der Waals surface area (Å²) in [6, 6.07) is 11.0. The van der Waals surface area contributed by atoms with Crippen LogP contribution in [0, 0.1) is 5.82 Å². The number of benzene rings is 2. The molecule has 1 aliphatic heterocycles. The van der Waals surface area contributed by atoms with Gasteiger partial charge in [-0.2, -0.15) is 0 Å². The van der Waals surface area contributed by atoms with Crippen molar-refractivity contribution in [3.8, 4) is 5.75 Å². The van der Waals surface area contributed by atoms with Crippen LogP contribution in [0.5, 0.6) is 5.75 Å². The molecule has 2 aromatic rings. The molecule has 0 unspecified atom stereocenters. The highest BCUT2D eigenvalue weighted by Gasteiger charge is 2.37. The SMILES string of the molecule is C=CCOc1ccc(/C=C2\C(=O)NC(=O)N(c3ccccc3F)C2=O)cc1. The van der Waals surface area contributed by atoms with Gasteiger partial charge in [0.1, 0.15) is 23.7 Å². The van der Waals surface area contributed by atoms with Crippen molar-refractivity contribution < 1.29 is 23.5 Å². The summed E-state index contributed by atoms with van der Waals surface area (Å²) >= 11 is 0. The second-order valence-electron chi connectivity index (χ2n) is 5.58. The molecule has 0 radical (unpaired) electrons. The van der Waals surface area contributed by atoms with E-state index in [0.717, 1.165) is 6.07 Å². The number of imide groups is 2. The average molecular weight is 366 g/mol. The molecule has 1 heterocycles. The number of urea groups is 1. The third-order valence-corrected chi connectivity index (χ3v) is 3.75. The Bertz CT molecular complexity index is 951. The first-order chi connectivity index (χ1) is 13.0. The van der Waals surface area contributed by atoms with Crippen LogP contribution < -0.4 is 15.0 Å². The number of para-hydroxylation sites is 1. The van der Waals surface area contributed by atoms with Crippen LogP contribution in [-0.4, -0.2) is 24.5 Å². The van der Waals surface area contributed by atoms with E-state index in [1.54, 1.807) is 30.3 Å². The Morgan fingerprint density at radius 1 is 1.07 bits per heavy atom. The lowest BCUT2D eigenvalue weighted by atomic mass is 10.1. The zero-order chi connectivity index (χ0) is 19.4. The van der Waals surface area contributed by atoms with Crippen LogP contribution in [0.2, 0.25) is 0 Å². The molecule has 4 amide bonds. The lowest BCUT2D eigenvalue weighted by molar-refractivity contribution is -0.122. The van der Waals surface area contributed by atoms with E-state index >= 15 is 0 Å². The van der Waals surface area contributed by atoms with Crippen molar-refractivity contribution in [2.24, 2.45) is 0 Å². The van der Waals surface area contributed by atoms with Crippen LogP contribution in [0.1, 0.15) is 5.56 Å². The largest absolute Gasteiger partial charge is 0.490 e. The summed E-state index contributed by atoms with van der Waals surface area (Å²) in [7, 11) is 0. The van der Waals surface area contributed by atoms with Gasteiger partial charge in [-0.3, -0.25) is 14.9 Å². The number of barbiturate groups is 1. The van der Waals surface area contributed by atoms with Crippen LogP contribution in [0.4, 0.5) is 14.9 Å². The van der Waals surface area contributed by atoms with Crippen molar-refractivity contribution in [3.05, 3.63) is 78.1 Å². The van der Waals surface area contributed by atoms with E-state index in [4.69, 9.17) is 4.74 Å². The molecule has 1 aliphatic rings. The maximum absolute atomic E-state index is 14.0. The summed E-state index contributed by atoms with van der Waals surface area (Å²) in [5.41, 5.74) is 0.0338. The third kappa shape index (κ3) is 3.77. The number of carbonyl (C=O) groups is 3. The van der Waals surface area contributed by atoms with Gasteiger partial charge in [-0.15, -0.1) is 0 Å². The van der Waals surface area contributed by atoms with Crippen LogP contribution in [0.3, 0.4) is 0 Å². The van der Waals surface area contributed by atoms with E-state index < -0.39 is 23.7 Å². The van der Waals surface area contributed by atoms with Gasteiger partial charge in [0, 0.05) is 0 Å². The number of nitrogens with one attached hydrogen (secondary N) is 1. The number of ether oxygens (including phenoxy) is 1. The molecule has 2 aromatic carbocycles. The molecule has 1 N–H and O–H groups in total. The predicted molar refractivity (Wildman–Crippen MR) is 97.5 cm³/mol. The molecule has 27 heavy (non-hydrogen) atoms. The first-order valence-electron chi connectivity index (χ1n) is 8.01. The van der Waals surface area contributed by atoms with Crippen molar-refractivity contribution >= 4 is 29.6 Å². The number of hydrogen-bond donors (Lipinski definition) is 1.